The molecule has 0 unspecified atom stereocenters. The van der Waals surface area contributed by atoms with Crippen molar-refractivity contribution in [2.75, 3.05) is 6.54 Å². The number of rotatable bonds is 4. The smallest absolute Gasteiger partial charge is 0.0178 e. The van der Waals surface area contributed by atoms with Gasteiger partial charge in [-0.15, -0.1) is 0 Å². The normalized spacial score (nSPS) is 10.2. The van der Waals surface area contributed by atoms with Crippen LogP contribution in [0.2, 0.25) is 0 Å². The highest BCUT2D eigenvalue weighted by molar-refractivity contribution is 5.22. The number of aryl methyl sites for hydroxylation is 1. The SMILES string of the molecule is NCCCc1ccc(CN)cc1. The van der Waals surface area contributed by atoms with Gasteiger partial charge in [0, 0.05) is 6.54 Å². The van der Waals surface area contributed by atoms with Gasteiger partial charge in [-0.3, -0.25) is 0 Å². The van der Waals surface area contributed by atoms with Crippen molar-refractivity contribution >= 4 is 0 Å². The Morgan fingerprint density at radius 2 is 1.50 bits per heavy atom. The first-order valence-corrected chi connectivity index (χ1v) is 4.34. The highest BCUT2D eigenvalue weighted by atomic mass is 14.5. The molecule has 0 saturated carbocycles. The third-order valence-electron chi connectivity index (χ3n) is 1.93. The van der Waals surface area contributed by atoms with Crippen LogP contribution >= 0.6 is 0 Å². The van der Waals surface area contributed by atoms with Crippen molar-refractivity contribution in [3.63, 3.8) is 0 Å². The lowest BCUT2D eigenvalue weighted by Gasteiger charge is -2.00. The molecule has 0 atom stereocenters. The van der Waals surface area contributed by atoms with Gasteiger partial charge in [-0.2, -0.15) is 0 Å². The molecule has 4 N–H and O–H groups in total. The van der Waals surface area contributed by atoms with Crippen molar-refractivity contribution < 1.29 is 0 Å². The van der Waals surface area contributed by atoms with E-state index in [-0.39, 0.29) is 0 Å². The highest BCUT2D eigenvalue weighted by Gasteiger charge is 1.92. The zero-order valence-corrected chi connectivity index (χ0v) is 7.29. The van der Waals surface area contributed by atoms with Gasteiger partial charge in [0.2, 0.25) is 0 Å². The first kappa shape index (κ1) is 9.23. The topological polar surface area (TPSA) is 52.0 Å². The van der Waals surface area contributed by atoms with E-state index >= 15 is 0 Å². The number of benzene rings is 1. The lowest BCUT2D eigenvalue weighted by atomic mass is 10.1. The molecule has 0 aliphatic carbocycles. The Balaban J connectivity index is 2.53. The molecule has 0 fully saturated rings. The quantitative estimate of drug-likeness (QED) is 0.698. The summed E-state index contributed by atoms with van der Waals surface area (Å²) in [6.07, 6.45) is 2.13. The van der Waals surface area contributed by atoms with Crippen LogP contribution < -0.4 is 11.5 Å². The summed E-state index contributed by atoms with van der Waals surface area (Å²) in [5.74, 6) is 0. The number of nitrogens with two attached hydrogens (primary N) is 2. The Labute approximate surface area is 73.6 Å². The second-order valence-electron chi connectivity index (χ2n) is 2.91. The van der Waals surface area contributed by atoms with E-state index in [9.17, 15) is 0 Å². The van der Waals surface area contributed by atoms with E-state index in [2.05, 4.69) is 24.3 Å². The summed E-state index contributed by atoms with van der Waals surface area (Å²) in [6.45, 7) is 1.38. The highest BCUT2D eigenvalue weighted by Crippen LogP contribution is 2.05. The van der Waals surface area contributed by atoms with Crippen LogP contribution in [0.25, 0.3) is 0 Å². The molecule has 0 aliphatic heterocycles. The Morgan fingerprint density at radius 1 is 0.917 bits per heavy atom. The maximum absolute atomic E-state index is 5.48. The third-order valence-corrected chi connectivity index (χ3v) is 1.93. The predicted octanol–water partition coefficient (Wildman–Crippen LogP) is 1.04. The first-order chi connectivity index (χ1) is 5.86. The second-order valence-corrected chi connectivity index (χ2v) is 2.91. The standard InChI is InChI=1S/C10H16N2/c11-7-1-2-9-3-5-10(8-12)6-4-9/h3-6H,1-2,7-8,11-12H2. The molecular formula is C10H16N2. The van der Waals surface area contributed by atoms with Crippen molar-refractivity contribution in [3.8, 4) is 0 Å². The summed E-state index contributed by atoms with van der Waals surface area (Å²) >= 11 is 0. The van der Waals surface area contributed by atoms with Crippen molar-refractivity contribution in [3.05, 3.63) is 35.4 Å². The van der Waals surface area contributed by atoms with E-state index < -0.39 is 0 Å². The van der Waals surface area contributed by atoms with Crippen LogP contribution in [0.4, 0.5) is 0 Å². The minimum Gasteiger partial charge on any atom is -0.330 e. The van der Waals surface area contributed by atoms with Gasteiger partial charge in [0.1, 0.15) is 0 Å². The van der Waals surface area contributed by atoms with E-state index in [4.69, 9.17) is 11.5 Å². The summed E-state index contributed by atoms with van der Waals surface area (Å²) in [7, 11) is 0. The molecule has 1 rings (SSSR count). The van der Waals surface area contributed by atoms with Crippen molar-refractivity contribution in [2.45, 2.75) is 19.4 Å². The summed E-state index contributed by atoms with van der Waals surface area (Å²) in [5, 5.41) is 0. The van der Waals surface area contributed by atoms with Gasteiger partial charge in [-0.25, -0.2) is 0 Å². The van der Waals surface area contributed by atoms with Gasteiger partial charge < -0.3 is 11.5 Å². The van der Waals surface area contributed by atoms with Gasteiger partial charge in [0.15, 0.2) is 0 Å². The minimum absolute atomic E-state index is 0.622. The molecule has 1 aromatic carbocycles. The molecule has 2 nitrogen and oxygen atoms in total. The van der Waals surface area contributed by atoms with E-state index in [1.165, 1.54) is 11.1 Å². The van der Waals surface area contributed by atoms with Crippen LogP contribution in [0.3, 0.4) is 0 Å². The Hall–Kier alpha value is -0.860. The molecule has 1 aromatic rings. The number of hydrogen-bond donors (Lipinski definition) is 2. The van der Waals surface area contributed by atoms with E-state index in [1.54, 1.807) is 0 Å². The van der Waals surface area contributed by atoms with Crippen LogP contribution in [0, 0.1) is 0 Å². The van der Waals surface area contributed by atoms with Crippen LogP contribution in [-0.4, -0.2) is 6.54 Å². The van der Waals surface area contributed by atoms with Crippen LogP contribution in [0.1, 0.15) is 17.5 Å². The molecule has 0 saturated heterocycles. The molecule has 2 heteroatoms. The summed E-state index contributed by atoms with van der Waals surface area (Å²) in [5.41, 5.74) is 13.4. The molecule has 12 heavy (non-hydrogen) atoms. The average molecular weight is 164 g/mol. The zero-order valence-electron chi connectivity index (χ0n) is 7.29. The van der Waals surface area contributed by atoms with E-state index in [0.29, 0.717) is 6.54 Å². The van der Waals surface area contributed by atoms with Gasteiger partial charge in [-0.05, 0) is 30.5 Å². The van der Waals surface area contributed by atoms with E-state index in [0.717, 1.165) is 19.4 Å². The number of hydrogen-bond acceptors (Lipinski definition) is 2. The van der Waals surface area contributed by atoms with Crippen LogP contribution in [-0.2, 0) is 13.0 Å². The summed E-state index contributed by atoms with van der Waals surface area (Å²) < 4.78 is 0. The Bertz CT molecular complexity index is 216. The predicted molar refractivity (Wildman–Crippen MR) is 51.7 cm³/mol. The van der Waals surface area contributed by atoms with Gasteiger partial charge in [0.25, 0.3) is 0 Å². The van der Waals surface area contributed by atoms with Crippen molar-refractivity contribution in [1.29, 1.82) is 0 Å². The molecule has 0 aliphatic rings. The Morgan fingerprint density at radius 3 is 2.00 bits per heavy atom. The maximum Gasteiger partial charge on any atom is 0.0178 e. The van der Waals surface area contributed by atoms with Crippen LogP contribution in [0.15, 0.2) is 24.3 Å². The third kappa shape index (κ3) is 2.64. The molecule has 0 bridgehead atoms. The second kappa shape index (κ2) is 4.91. The Kier molecular flexibility index (Phi) is 3.77. The molecule has 0 heterocycles. The lowest BCUT2D eigenvalue weighted by Crippen LogP contribution is -2.00. The lowest BCUT2D eigenvalue weighted by molar-refractivity contribution is 0.832. The monoisotopic (exact) mass is 164 g/mol. The summed E-state index contributed by atoms with van der Waals surface area (Å²) in [6, 6.07) is 8.40. The zero-order chi connectivity index (χ0) is 8.81. The van der Waals surface area contributed by atoms with Gasteiger partial charge in [-0.1, -0.05) is 24.3 Å². The van der Waals surface area contributed by atoms with Crippen molar-refractivity contribution in [2.24, 2.45) is 11.5 Å². The molecule has 0 amide bonds. The van der Waals surface area contributed by atoms with Gasteiger partial charge >= 0.3 is 0 Å². The fraction of sp³-hybridized carbons (Fsp3) is 0.400. The fourth-order valence-corrected chi connectivity index (χ4v) is 1.15. The maximum atomic E-state index is 5.48. The molecule has 0 spiro atoms. The average Bonchev–Trinajstić information content (AvgIpc) is 2.15. The fourth-order valence-electron chi connectivity index (χ4n) is 1.15. The van der Waals surface area contributed by atoms with Gasteiger partial charge in [0.05, 0.1) is 0 Å². The largest absolute Gasteiger partial charge is 0.330 e. The minimum atomic E-state index is 0.622. The first-order valence-electron chi connectivity index (χ1n) is 4.34. The van der Waals surface area contributed by atoms with Crippen LogP contribution in [0.5, 0.6) is 0 Å². The molecule has 0 aromatic heterocycles. The molecule has 66 valence electrons. The van der Waals surface area contributed by atoms with E-state index in [1.807, 2.05) is 0 Å². The molecular weight excluding hydrogens is 148 g/mol. The van der Waals surface area contributed by atoms with Crippen molar-refractivity contribution in [1.82, 2.24) is 0 Å². The summed E-state index contributed by atoms with van der Waals surface area (Å²) in [4.78, 5) is 0. The molecule has 0 radical (unpaired) electrons.